The third-order valence-electron chi connectivity index (χ3n) is 4.73. The van der Waals surface area contributed by atoms with Gasteiger partial charge in [0.2, 0.25) is 17.4 Å². The zero-order valence-corrected chi connectivity index (χ0v) is 17.2. The van der Waals surface area contributed by atoms with E-state index in [2.05, 4.69) is 5.10 Å². The normalized spacial score (nSPS) is 15.2. The number of benzene rings is 2. The summed E-state index contributed by atoms with van der Waals surface area (Å²) in [6.45, 7) is 0. The highest BCUT2D eigenvalue weighted by atomic mass is 35.5. The van der Waals surface area contributed by atoms with Gasteiger partial charge >= 0.3 is 0 Å². The number of ether oxygens (including phenoxy) is 1. The van der Waals surface area contributed by atoms with Crippen molar-refractivity contribution >= 4 is 57.8 Å². The number of amides is 2. The maximum atomic E-state index is 12.2. The first-order chi connectivity index (χ1) is 14.8. The molecule has 2 amide bonds. The van der Waals surface area contributed by atoms with Gasteiger partial charge < -0.3 is 10.5 Å². The molecule has 0 aromatic heterocycles. The van der Waals surface area contributed by atoms with Gasteiger partial charge in [0.15, 0.2) is 5.75 Å². The van der Waals surface area contributed by atoms with E-state index >= 15 is 0 Å². The molecule has 4 rings (SSSR count). The number of allylic oxidation sites excluding steroid dienone is 1. The summed E-state index contributed by atoms with van der Waals surface area (Å²) in [6, 6.07) is 9.62. The van der Waals surface area contributed by atoms with Crippen LogP contribution in [0.1, 0.15) is 17.5 Å². The van der Waals surface area contributed by atoms with Crippen LogP contribution in [0.25, 0.3) is 5.57 Å². The monoisotopic (exact) mass is 454 g/mol. The Bertz CT molecular complexity index is 1250. The molecule has 1 heterocycles. The summed E-state index contributed by atoms with van der Waals surface area (Å²) in [5, 5.41) is 13.8. The van der Waals surface area contributed by atoms with Gasteiger partial charge in [-0.3, -0.25) is 14.4 Å². The molecule has 0 radical (unpaired) electrons. The van der Waals surface area contributed by atoms with Gasteiger partial charge in [-0.1, -0.05) is 35.3 Å². The van der Waals surface area contributed by atoms with Crippen LogP contribution in [0, 0.1) is 11.3 Å². The molecule has 8 nitrogen and oxygen atoms in total. The minimum absolute atomic E-state index is 0.0760. The summed E-state index contributed by atoms with van der Waals surface area (Å²) in [6.07, 6.45) is 1.87. The average Bonchev–Trinajstić information content (AvgIpc) is 3.14. The molecule has 1 aliphatic carbocycles. The van der Waals surface area contributed by atoms with Gasteiger partial charge in [-0.05, 0) is 41.8 Å². The SMILES string of the molecule is N#CC1=NN(c2cc(Cl)c(Oc3ccc4c(c3)C(C(N)=O)=CC4)c(Cl)c2)C(=O)CC1=O. The van der Waals surface area contributed by atoms with Crippen LogP contribution in [0.15, 0.2) is 41.5 Å². The fourth-order valence-corrected chi connectivity index (χ4v) is 3.83. The van der Waals surface area contributed by atoms with Crippen LogP contribution in [0.3, 0.4) is 0 Å². The number of hydrogen-bond acceptors (Lipinski definition) is 6. The fourth-order valence-electron chi connectivity index (χ4n) is 3.28. The van der Waals surface area contributed by atoms with Crippen LogP contribution in [0.4, 0.5) is 5.69 Å². The Morgan fingerprint density at radius 3 is 2.55 bits per heavy atom. The smallest absolute Gasteiger partial charge is 0.255 e. The minimum atomic E-state index is -0.651. The van der Waals surface area contributed by atoms with Crippen molar-refractivity contribution in [2.24, 2.45) is 10.8 Å². The van der Waals surface area contributed by atoms with Crippen molar-refractivity contribution in [1.29, 1.82) is 5.26 Å². The first kappa shape index (κ1) is 20.6. The number of hydrazone groups is 1. The lowest BCUT2D eigenvalue weighted by Crippen LogP contribution is -2.36. The van der Waals surface area contributed by atoms with Gasteiger partial charge in [0.1, 0.15) is 11.8 Å². The maximum Gasteiger partial charge on any atom is 0.255 e. The quantitative estimate of drug-likeness (QED) is 0.708. The molecule has 0 unspecified atom stereocenters. The van der Waals surface area contributed by atoms with Gasteiger partial charge in [-0.25, -0.2) is 0 Å². The van der Waals surface area contributed by atoms with Gasteiger partial charge in [0.05, 0.1) is 22.2 Å². The Hall–Kier alpha value is -3.67. The zero-order valence-electron chi connectivity index (χ0n) is 15.7. The molecule has 10 heteroatoms. The molecular weight excluding hydrogens is 443 g/mol. The van der Waals surface area contributed by atoms with Gasteiger partial charge in [-0.15, -0.1) is 0 Å². The highest BCUT2D eigenvalue weighted by Gasteiger charge is 2.29. The molecule has 0 saturated heterocycles. The summed E-state index contributed by atoms with van der Waals surface area (Å²) in [4.78, 5) is 35.4. The minimum Gasteiger partial charge on any atom is -0.454 e. The van der Waals surface area contributed by atoms with Crippen molar-refractivity contribution in [2.75, 3.05) is 5.01 Å². The van der Waals surface area contributed by atoms with Gasteiger partial charge in [0.25, 0.3) is 5.91 Å². The number of halogens is 2. The van der Waals surface area contributed by atoms with Crippen molar-refractivity contribution in [3.63, 3.8) is 0 Å². The third kappa shape index (κ3) is 3.77. The summed E-state index contributed by atoms with van der Waals surface area (Å²) in [5.74, 6) is -1.29. The predicted octanol–water partition coefficient (Wildman–Crippen LogP) is 3.40. The summed E-state index contributed by atoms with van der Waals surface area (Å²) in [5.41, 5.74) is 7.25. The van der Waals surface area contributed by atoms with Crippen molar-refractivity contribution in [3.05, 3.63) is 57.6 Å². The molecule has 2 aliphatic rings. The highest BCUT2D eigenvalue weighted by Crippen LogP contribution is 2.41. The number of anilines is 1. The maximum absolute atomic E-state index is 12.2. The number of Topliss-reactive ketones (excluding diaryl/α,β-unsaturated/α-hetero) is 1. The Kier molecular flexibility index (Phi) is 5.23. The van der Waals surface area contributed by atoms with Gasteiger partial charge in [0, 0.05) is 5.57 Å². The predicted molar refractivity (Wildman–Crippen MR) is 114 cm³/mol. The number of nitrogens with zero attached hydrogens (tertiary/aromatic N) is 3. The number of rotatable bonds is 4. The Balaban J connectivity index is 1.66. The second kappa shape index (κ2) is 7.87. The van der Waals surface area contributed by atoms with E-state index in [-0.39, 0.29) is 27.2 Å². The fraction of sp³-hybridized carbons (Fsp3) is 0.0952. The first-order valence-electron chi connectivity index (χ1n) is 8.93. The van der Waals surface area contributed by atoms with Crippen LogP contribution < -0.4 is 15.5 Å². The molecule has 2 aromatic rings. The number of nitriles is 1. The zero-order chi connectivity index (χ0) is 22.3. The lowest BCUT2D eigenvalue weighted by molar-refractivity contribution is -0.124. The largest absolute Gasteiger partial charge is 0.454 e. The molecule has 2 N–H and O–H groups in total. The number of fused-ring (bicyclic) bond motifs is 1. The molecule has 2 aromatic carbocycles. The van der Waals surface area contributed by atoms with Crippen molar-refractivity contribution < 1.29 is 19.1 Å². The average molecular weight is 455 g/mol. The highest BCUT2D eigenvalue weighted by molar-refractivity contribution is 6.50. The molecule has 154 valence electrons. The van der Waals surface area contributed by atoms with E-state index in [1.54, 1.807) is 24.3 Å². The van der Waals surface area contributed by atoms with Crippen LogP contribution in [-0.4, -0.2) is 23.3 Å². The van der Waals surface area contributed by atoms with Crippen LogP contribution >= 0.6 is 23.2 Å². The molecule has 0 fully saturated rings. The molecule has 0 atom stereocenters. The van der Waals surface area contributed by atoms with Gasteiger partial charge in [-0.2, -0.15) is 15.4 Å². The second-order valence-electron chi connectivity index (χ2n) is 6.71. The third-order valence-corrected chi connectivity index (χ3v) is 5.29. The first-order valence-corrected chi connectivity index (χ1v) is 9.69. The number of ketones is 1. The molecule has 0 spiro atoms. The molecular formula is C21H12Cl2N4O4. The topological polar surface area (TPSA) is 126 Å². The van der Waals surface area contributed by atoms with Crippen LogP contribution in [-0.2, 0) is 20.8 Å². The lowest BCUT2D eigenvalue weighted by Gasteiger charge is -2.22. The van der Waals surface area contributed by atoms with E-state index in [0.717, 1.165) is 10.6 Å². The van der Waals surface area contributed by atoms with E-state index in [0.29, 0.717) is 23.3 Å². The summed E-state index contributed by atoms with van der Waals surface area (Å²) in [7, 11) is 0. The number of carbonyl (C=O) groups excluding carboxylic acids is 3. The lowest BCUT2D eigenvalue weighted by atomic mass is 10.1. The van der Waals surface area contributed by atoms with Crippen molar-refractivity contribution in [3.8, 4) is 17.6 Å². The molecule has 1 aliphatic heterocycles. The van der Waals surface area contributed by atoms with Crippen molar-refractivity contribution in [2.45, 2.75) is 12.8 Å². The Labute approximate surface area is 186 Å². The molecule has 31 heavy (non-hydrogen) atoms. The number of nitrogens with two attached hydrogens (primary N) is 1. The van der Waals surface area contributed by atoms with E-state index in [9.17, 15) is 14.4 Å². The van der Waals surface area contributed by atoms with E-state index in [4.69, 9.17) is 38.9 Å². The molecule has 0 saturated carbocycles. The molecule has 0 bridgehead atoms. The van der Waals surface area contributed by atoms with Crippen LogP contribution in [0.2, 0.25) is 10.0 Å². The van der Waals surface area contributed by atoms with E-state index in [1.165, 1.54) is 12.1 Å². The van der Waals surface area contributed by atoms with Crippen molar-refractivity contribution in [1.82, 2.24) is 0 Å². The Morgan fingerprint density at radius 2 is 1.90 bits per heavy atom. The van der Waals surface area contributed by atoms with E-state index in [1.807, 2.05) is 6.07 Å². The van der Waals surface area contributed by atoms with E-state index < -0.39 is 24.0 Å². The summed E-state index contributed by atoms with van der Waals surface area (Å²) < 4.78 is 5.83. The van der Waals surface area contributed by atoms with Crippen LogP contribution in [0.5, 0.6) is 11.5 Å². The number of primary amides is 1. The number of hydrogen-bond donors (Lipinski definition) is 1. The second-order valence-corrected chi connectivity index (χ2v) is 7.53. The number of carbonyl (C=O) groups is 3. The summed E-state index contributed by atoms with van der Waals surface area (Å²) >= 11 is 12.7. The Morgan fingerprint density at radius 1 is 1.19 bits per heavy atom. The standard InChI is InChI=1S/C21H12Cl2N4O4/c22-15-5-11(27-19(29)8-18(28)17(9-24)26-27)6-16(23)20(15)31-12-3-1-10-2-4-13(21(25)30)14(10)7-12/h1,3-7H,2,8H2,(H2,25,30).